The molecular formula is C21H22ClN7O. The zero-order chi connectivity index (χ0) is 20.5. The molecule has 0 bridgehead atoms. The summed E-state index contributed by atoms with van der Waals surface area (Å²) in [7, 11) is 1.64. The Morgan fingerprint density at radius 2 is 2.03 bits per heavy atom. The van der Waals surface area contributed by atoms with Crippen molar-refractivity contribution in [3.8, 4) is 12.1 Å². The van der Waals surface area contributed by atoms with E-state index in [-0.39, 0.29) is 24.0 Å². The highest BCUT2D eigenvalue weighted by Gasteiger charge is 2.28. The highest BCUT2D eigenvalue weighted by Crippen LogP contribution is 2.32. The van der Waals surface area contributed by atoms with E-state index in [9.17, 15) is 15.3 Å². The Labute approximate surface area is 180 Å². The van der Waals surface area contributed by atoms with Crippen LogP contribution in [0.4, 0.5) is 5.82 Å². The van der Waals surface area contributed by atoms with Crippen molar-refractivity contribution in [2.45, 2.75) is 25.4 Å². The topological polar surface area (TPSA) is 117 Å². The van der Waals surface area contributed by atoms with Gasteiger partial charge in [-0.25, -0.2) is 4.98 Å². The lowest BCUT2D eigenvalue weighted by Crippen LogP contribution is -2.44. The molecule has 4 rings (SSSR count). The smallest absolute Gasteiger partial charge is 0.277 e. The molecule has 1 fully saturated rings. The first kappa shape index (κ1) is 21.4. The van der Waals surface area contributed by atoms with Gasteiger partial charge in [0.05, 0.1) is 24.5 Å². The first-order valence-corrected chi connectivity index (χ1v) is 9.51. The predicted octanol–water partition coefficient (Wildman–Crippen LogP) is 1.88. The summed E-state index contributed by atoms with van der Waals surface area (Å²) in [5.41, 5.74) is 8.42. The number of fused-ring (bicyclic) bond motifs is 1. The lowest BCUT2D eigenvalue weighted by molar-refractivity contribution is 0.498. The van der Waals surface area contributed by atoms with Crippen molar-refractivity contribution in [3.05, 3.63) is 57.6 Å². The molecule has 30 heavy (non-hydrogen) atoms. The third kappa shape index (κ3) is 3.52. The second-order valence-corrected chi connectivity index (χ2v) is 7.37. The maximum Gasteiger partial charge on any atom is 0.277 e. The Hall–Kier alpha value is -3.33. The summed E-state index contributed by atoms with van der Waals surface area (Å²) in [6, 6.07) is 11.7. The number of nitrogens with two attached hydrogens (primary N) is 1. The average molecular weight is 424 g/mol. The van der Waals surface area contributed by atoms with Crippen molar-refractivity contribution >= 4 is 29.3 Å². The minimum Gasteiger partial charge on any atom is -0.355 e. The highest BCUT2D eigenvalue weighted by molar-refractivity contribution is 5.89. The van der Waals surface area contributed by atoms with E-state index in [1.807, 2.05) is 22.8 Å². The van der Waals surface area contributed by atoms with Crippen LogP contribution in [0.25, 0.3) is 11.0 Å². The molecule has 8 nitrogen and oxygen atoms in total. The number of nitrogens with zero attached hydrogens (tertiary/aromatic N) is 6. The normalized spacial score (nSPS) is 16.0. The Bertz CT molecular complexity index is 1230. The van der Waals surface area contributed by atoms with Gasteiger partial charge in [0.25, 0.3) is 5.56 Å². The van der Waals surface area contributed by atoms with E-state index in [2.05, 4.69) is 22.0 Å². The Kier molecular flexibility index (Phi) is 6.12. The van der Waals surface area contributed by atoms with Crippen molar-refractivity contribution in [2.24, 2.45) is 12.8 Å². The van der Waals surface area contributed by atoms with Gasteiger partial charge in [-0.2, -0.15) is 10.5 Å². The van der Waals surface area contributed by atoms with Gasteiger partial charge in [-0.1, -0.05) is 18.2 Å². The molecule has 0 spiro atoms. The van der Waals surface area contributed by atoms with Crippen LogP contribution in [0.15, 0.2) is 35.4 Å². The summed E-state index contributed by atoms with van der Waals surface area (Å²) in [6.45, 7) is 1.65. The number of halogens is 1. The number of aryl methyl sites for hydroxylation is 1. The molecule has 9 heteroatoms. The second kappa shape index (κ2) is 8.58. The molecule has 1 aromatic carbocycles. The van der Waals surface area contributed by atoms with E-state index in [0.29, 0.717) is 41.1 Å². The summed E-state index contributed by atoms with van der Waals surface area (Å²) in [5, 5.41) is 19.4. The maximum absolute atomic E-state index is 13.0. The SMILES string of the molecule is Cl.Cn1cnc2c(C#N)c(N3CCC[C@H](N)C3)n(Cc3ccccc3C#N)c2c1=O. The van der Waals surface area contributed by atoms with E-state index in [0.717, 1.165) is 24.9 Å². The first-order chi connectivity index (χ1) is 14.0. The summed E-state index contributed by atoms with van der Waals surface area (Å²) in [4.78, 5) is 19.5. The number of anilines is 1. The van der Waals surface area contributed by atoms with E-state index in [1.54, 1.807) is 13.1 Å². The van der Waals surface area contributed by atoms with Gasteiger partial charge >= 0.3 is 0 Å². The van der Waals surface area contributed by atoms with Crippen LogP contribution in [0, 0.1) is 22.7 Å². The molecule has 1 aliphatic rings. The molecule has 1 atom stereocenters. The van der Waals surface area contributed by atoms with Gasteiger partial charge in [0.15, 0.2) is 0 Å². The van der Waals surface area contributed by atoms with Gasteiger partial charge in [0, 0.05) is 26.2 Å². The monoisotopic (exact) mass is 423 g/mol. The van der Waals surface area contributed by atoms with Crippen molar-refractivity contribution in [3.63, 3.8) is 0 Å². The summed E-state index contributed by atoms with van der Waals surface area (Å²) in [5.74, 6) is 0.654. The van der Waals surface area contributed by atoms with Gasteiger partial charge in [-0.05, 0) is 24.5 Å². The summed E-state index contributed by atoms with van der Waals surface area (Å²) in [6.07, 6.45) is 3.27. The lowest BCUT2D eigenvalue weighted by Gasteiger charge is -2.33. The number of benzene rings is 1. The van der Waals surface area contributed by atoms with Crippen LogP contribution in [-0.4, -0.2) is 33.2 Å². The Morgan fingerprint density at radius 3 is 2.73 bits per heavy atom. The summed E-state index contributed by atoms with van der Waals surface area (Å²) < 4.78 is 3.24. The van der Waals surface area contributed by atoms with Gasteiger partial charge in [-0.15, -0.1) is 12.4 Å². The quantitative estimate of drug-likeness (QED) is 0.687. The van der Waals surface area contributed by atoms with E-state index < -0.39 is 0 Å². The standard InChI is InChI=1S/C21H21N7O.ClH/c1-26-13-25-18-17(10-23)20(27-8-4-7-16(24)12-27)28(19(18)21(26)29)11-15-6-3-2-5-14(15)9-22;/h2-3,5-6,13,16H,4,7-8,11-12,24H2,1H3;1H/t16-;/m0./s1. The third-order valence-electron chi connectivity index (χ3n) is 5.43. The minimum atomic E-state index is -0.228. The highest BCUT2D eigenvalue weighted by atomic mass is 35.5. The fourth-order valence-corrected chi connectivity index (χ4v) is 4.02. The first-order valence-electron chi connectivity index (χ1n) is 9.51. The minimum absolute atomic E-state index is 0. The van der Waals surface area contributed by atoms with Crippen molar-refractivity contribution in [2.75, 3.05) is 18.0 Å². The third-order valence-corrected chi connectivity index (χ3v) is 5.43. The lowest BCUT2D eigenvalue weighted by atomic mass is 10.1. The van der Waals surface area contributed by atoms with E-state index >= 15 is 0 Å². The number of hydrogen-bond donors (Lipinski definition) is 1. The largest absolute Gasteiger partial charge is 0.355 e. The average Bonchev–Trinajstić information content (AvgIpc) is 3.05. The van der Waals surface area contributed by atoms with Gasteiger partial charge < -0.3 is 19.8 Å². The molecule has 2 aromatic heterocycles. The van der Waals surface area contributed by atoms with Crippen LogP contribution in [-0.2, 0) is 13.6 Å². The molecule has 0 radical (unpaired) electrons. The van der Waals surface area contributed by atoms with Crippen molar-refractivity contribution in [1.29, 1.82) is 10.5 Å². The Balaban J connectivity index is 0.00000256. The molecule has 1 aliphatic heterocycles. The van der Waals surface area contributed by atoms with Crippen LogP contribution in [0.3, 0.4) is 0 Å². The van der Waals surface area contributed by atoms with E-state index in [4.69, 9.17) is 5.73 Å². The van der Waals surface area contributed by atoms with Crippen molar-refractivity contribution in [1.82, 2.24) is 14.1 Å². The zero-order valence-electron chi connectivity index (χ0n) is 16.6. The molecule has 3 heterocycles. The number of rotatable bonds is 3. The molecule has 1 saturated heterocycles. The second-order valence-electron chi connectivity index (χ2n) is 7.37. The van der Waals surface area contributed by atoms with Crippen molar-refractivity contribution < 1.29 is 0 Å². The number of nitriles is 2. The Morgan fingerprint density at radius 1 is 1.27 bits per heavy atom. The van der Waals surface area contributed by atoms with Gasteiger partial charge in [0.2, 0.25) is 0 Å². The van der Waals surface area contributed by atoms with Gasteiger partial charge in [0.1, 0.15) is 28.5 Å². The molecule has 0 unspecified atom stereocenters. The van der Waals surface area contributed by atoms with Crippen LogP contribution in [0.2, 0.25) is 0 Å². The van der Waals surface area contributed by atoms with Crippen LogP contribution >= 0.6 is 12.4 Å². The molecule has 3 aromatic rings. The molecule has 0 aliphatic carbocycles. The van der Waals surface area contributed by atoms with Gasteiger partial charge in [-0.3, -0.25) is 4.79 Å². The number of aromatic nitrogens is 3. The maximum atomic E-state index is 13.0. The zero-order valence-corrected chi connectivity index (χ0v) is 17.4. The number of hydrogen-bond acceptors (Lipinski definition) is 6. The summed E-state index contributed by atoms with van der Waals surface area (Å²) >= 11 is 0. The predicted molar refractivity (Wildman–Crippen MR) is 117 cm³/mol. The van der Waals surface area contributed by atoms with E-state index in [1.165, 1.54) is 10.9 Å². The van der Waals surface area contributed by atoms with Crippen LogP contribution < -0.4 is 16.2 Å². The molecule has 0 amide bonds. The number of piperidine rings is 1. The molecule has 0 saturated carbocycles. The fourth-order valence-electron chi connectivity index (χ4n) is 4.02. The molecular weight excluding hydrogens is 402 g/mol. The fraction of sp³-hybridized carbons (Fsp3) is 0.333. The van der Waals surface area contributed by atoms with Crippen LogP contribution in [0.5, 0.6) is 0 Å². The van der Waals surface area contributed by atoms with Crippen LogP contribution in [0.1, 0.15) is 29.5 Å². The molecule has 2 N–H and O–H groups in total. The molecule has 154 valence electrons.